The maximum atomic E-state index is 4.70. The van der Waals surface area contributed by atoms with Crippen molar-refractivity contribution in [3.8, 4) is 0 Å². The molecule has 0 aliphatic heterocycles. The zero-order valence-electron chi connectivity index (χ0n) is 20.1. The van der Waals surface area contributed by atoms with Gasteiger partial charge in [0.2, 0.25) is 0 Å². The van der Waals surface area contributed by atoms with E-state index >= 15 is 0 Å². The Labute approximate surface area is 183 Å². The number of hydrogen-bond acceptors (Lipinski definition) is 4. The van der Waals surface area contributed by atoms with E-state index in [1.807, 2.05) is 12.4 Å². The van der Waals surface area contributed by atoms with Gasteiger partial charge in [0.15, 0.2) is 0 Å². The smallest absolute Gasteiger partial charge is 0.0690 e. The number of aryl methyl sites for hydroxylation is 4. The molecule has 0 spiro atoms. The maximum absolute atomic E-state index is 4.70. The second-order valence-electron chi connectivity index (χ2n) is 7.76. The summed E-state index contributed by atoms with van der Waals surface area (Å²) in [6.07, 6.45) is 3.62. The molecule has 2 aromatic rings. The lowest BCUT2D eigenvalue weighted by molar-refractivity contribution is 0.865. The molecule has 0 bridgehead atoms. The van der Waals surface area contributed by atoms with E-state index in [-0.39, 0.29) is 0 Å². The highest BCUT2D eigenvalue weighted by molar-refractivity contribution is 6.17. The summed E-state index contributed by atoms with van der Waals surface area (Å²) in [6, 6.07) is 8.90. The standard InChI is InChI=1S/C26H38N4/c1-9-29(10-2)23-15-19(5)25(20(6)16-23)27-13-14-28-26-21(7)17-24(18-22(26)8)30(11-3)12-4/h13-18H,9-12H2,1-8H3. The van der Waals surface area contributed by atoms with Crippen LogP contribution >= 0.6 is 0 Å². The first-order valence-corrected chi connectivity index (χ1v) is 11.1. The number of nitrogens with zero attached hydrogens (tertiary/aromatic N) is 4. The van der Waals surface area contributed by atoms with Gasteiger partial charge in [0.05, 0.1) is 11.4 Å². The Hall–Kier alpha value is -2.62. The van der Waals surface area contributed by atoms with Crippen LogP contribution in [0.15, 0.2) is 34.3 Å². The molecule has 0 aromatic heterocycles. The van der Waals surface area contributed by atoms with Gasteiger partial charge >= 0.3 is 0 Å². The van der Waals surface area contributed by atoms with E-state index in [0.29, 0.717) is 0 Å². The first-order valence-electron chi connectivity index (χ1n) is 11.1. The highest BCUT2D eigenvalue weighted by atomic mass is 15.1. The summed E-state index contributed by atoms with van der Waals surface area (Å²) in [4.78, 5) is 14.1. The van der Waals surface area contributed by atoms with Crippen molar-refractivity contribution >= 4 is 35.2 Å². The van der Waals surface area contributed by atoms with Crippen molar-refractivity contribution in [3.63, 3.8) is 0 Å². The zero-order valence-corrected chi connectivity index (χ0v) is 20.1. The summed E-state index contributed by atoms with van der Waals surface area (Å²) in [5, 5.41) is 0. The van der Waals surface area contributed by atoms with Gasteiger partial charge in [0.1, 0.15) is 0 Å². The number of anilines is 2. The fraction of sp³-hybridized carbons (Fsp3) is 0.462. The van der Waals surface area contributed by atoms with Gasteiger partial charge in [0.25, 0.3) is 0 Å². The van der Waals surface area contributed by atoms with Crippen LogP contribution in [0.4, 0.5) is 22.7 Å². The van der Waals surface area contributed by atoms with Crippen LogP contribution in [0, 0.1) is 27.7 Å². The quantitative estimate of drug-likeness (QED) is 0.433. The van der Waals surface area contributed by atoms with Gasteiger partial charge in [-0.3, -0.25) is 9.98 Å². The van der Waals surface area contributed by atoms with Gasteiger partial charge in [-0.25, -0.2) is 0 Å². The third kappa shape index (κ3) is 5.50. The summed E-state index contributed by atoms with van der Waals surface area (Å²) < 4.78 is 0. The Balaban J connectivity index is 2.23. The summed E-state index contributed by atoms with van der Waals surface area (Å²) in [5.74, 6) is 0. The molecule has 0 saturated carbocycles. The van der Waals surface area contributed by atoms with E-state index in [4.69, 9.17) is 9.98 Å². The van der Waals surface area contributed by atoms with Gasteiger partial charge in [-0.2, -0.15) is 0 Å². The Morgan fingerprint density at radius 2 is 0.833 bits per heavy atom. The molecule has 0 aliphatic rings. The van der Waals surface area contributed by atoms with Gasteiger partial charge in [-0.1, -0.05) is 0 Å². The predicted octanol–water partition coefficient (Wildman–Crippen LogP) is 6.72. The van der Waals surface area contributed by atoms with E-state index in [9.17, 15) is 0 Å². The number of aliphatic imine (C=N–C) groups is 2. The molecule has 0 fully saturated rings. The number of hydrogen-bond donors (Lipinski definition) is 0. The minimum atomic E-state index is 1.01. The summed E-state index contributed by atoms with van der Waals surface area (Å²) in [6.45, 7) is 21.3. The van der Waals surface area contributed by atoms with Crippen LogP contribution in [-0.4, -0.2) is 38.6 Å². The van der Waals surface area contributed by atoms with Gasteiger partial charge in [-0.15, -0.1) is 0 Å². The monoisotopic (exact) mass is 406 g/mol. The molecular weight excluding hydrogens is 368 g/mol. The van der Waals surface area contributed by atoms with Crippen molar-refractivity contribution in [3.05, 3.63) is 46.5 Å². The molecule has 4 heteroatoms. The molecule has 4 nitrogen and oxygen atoms in total. The van der Waals surface area contributed by atoms with Crippen molar-refractivity contribution in [1.82, 2.24) is 0 Å². The van der Waals surface area contributed by atoms with Crippen LogP contribution in [0.25, 0.3) is 0 Å². The molecule has 0 saturated heterocycles. The SMILES string of the molecule is CCN(CC)c1cc(C)c(N=CC=Nc2c(C)cc(N(CC)CC)cc2C)c(C)c1. The van der Waals surface area contributed by atoms with Crippen molar-refractivity contribution < 1.29 is 0 Å². The molecule has 0 atom stereocenters. The maximum Gasteiger partial charge on any atom is 0.0690 e. The van der Waals surface area contributed by atoms with Crippen LogP contribution in [0.3, 0.4) is 0 Å². The fourth-order valence-electron chi connectivity index (χ4n) is 4.03. The van der Waals surface area contributed by atoms with Gasteiger partial charge in [-0.05, 0) is 102 Å². The molecule has 0 heterocycles. The normalized spacial score (nSPS) is 11.6. The van der Waals surface area contributed by atoms with Crippen LogP contribution in [-0.2, 0) is 0 Å². The minimum Gasteiger partial charge on any atom is -0.372 e. The third-order valence-corrected chi connectivity index (χ3v) is 5.68. The lowest BCUT2D eigenvalue weighted by Crippen LogP contribution is -2.21. The largest absolute Gasteiger partial charge is 0.372 e. The van der Waals surface area contributed by atoms with E-state index in [2.05, 4.69) is 89.5 Å². The van der Waals surface area contributed by atoms with Gasteiger partial charge < -0.3 is 9.80 Å². The predicted molar refractivity (Wildman–Crippen MR) is 135 cm³/mol. The van der Waals surface area contributed by atoms with E-state index < -0.39 is 0 Å². The average molecular weight is 407 g/mol. The average Bonchev–Trinajstić information content (AvgIpc) is 2.70. The molecule has 30 heavy (non-hydrogen) atoms. The second kappa shape index (κ2) is 11.0. The Bertz CT molecular complexity index is 782. The van der Waals surface area contributed by atoms with E-state index in [1.165, 1.54) is 33.6 Å². The molecule has 0 unspecified atom stereocenters. The van der Waals surface area contributed by atoms with Crippen molar-refractivity contribution in [2.75, 3.05) is 36.0 Å². The summed E-state index contributed by atoms with van der Waals surface area (Å²) >= 11 is 0. The van der Waals surface area contributed by atoms with Crippen molar-refractivity contribution in [2.24, 2.45) is 9.98 Å². The highest BCUT2D eigenvalue weighted by Gasteiger charge is 2.09. The van der Waals surface area contributed by atoms with Crippen molar-refractivity contribution in [1.29, 1.82) is 0 Å². The van der Waals surface area contributed by atoms with E-state index in [0.717, 1.165) is 37.6 Å². The molecule has 0 amide bonds. The topological polar surface area (TPSA) is 31.2 Å². The Kier molecular flexibility index (Phi) is 8.64. The lowest BCUT2D eigenvalue weighted by atomic mass is 10.1. The van der Waals surface area contributed by atoms with Crippen LogP contribution < -0.4 is 9.80 Å². The number of benzene rings is 2. The summed E-state index contributed by atoms with van der Waals surface area (Å²) in [7, 11) is 0. The van der Waals surface area contributed by atoms with Crippen LogP contribution in [0.5, 0.6) is 0 Å². The fourth-order valence-corrected chi connectivity index (χ4v) is 4.03. The molecule has 2 aromatic carbocycles. The molecular formula is C26H38N4. The lowest BCUT2D eigenvalue weighted by Gasteiger charge is -2.22. The third-order valence-electron chi connectivity index (χ3n) is 5.68. The molecule has 0 radical (unpaired) electrons. The Morgan fingerprint density at radius 3 is 1.07 bits per heavy atom. The molecule has 0 aliphatic carbocycles. The Morgan fingerprint density at radius 1 is 0.567 bits per heavy atom. The highest BCUT2D eigenvalue weighted by Crippen LogP contribution is 2.30. The first-order chi connectivity index (χ1) is 14.4. The van der Waals surface area contributed by atoms with Crippen LogP contribution in [0.1, 0.15) is 49.9 Å². The molecule has 2 rings (SSSR count). The summed E-state index contributed by atoms with van der Waals surface area (Å²) in [5.41, 5.74) is 9.36. The molecule has 162 valence electrons. The number of rotatable bonds is 9. The first kappa shape index (κ1) is 23.7. The van der Waals surface area contributed by atoms with Crippen molar-refractivity contribution in [2.45, 2.75) is 55.4 Å². The zero-order chi connectivity index (χ0) is 22.3. The molecule has 0 N–H and O–H groups in total. The minimum absolute atomic E-state index is 1.01. The second-order valence-corrected chi connectivity index (χ2v) is 7.76. The van der Waals surface area contributed by atoms with Crippen LogP contribution in [0.2, 0.25) is 0 Å². The van der Waals surface area contributed by atoms with E-state index in [1.54, 1.807) is 0 Å². The van der Waals surface area contributed by atoms with Gasteiger partial charge in [0, 0.05) is 50.0 Å².